The monoisotopic (exact) mass is 273 g/mol. The summed E-state index contributed by atoms with van der Waals surface area (Å²) in [7, 11) is 0. The highest BCUT2D eigenvalue weighted by molar-refractivity contribution is 5.88. The molecule has 3 aliphatic carbocycles. The van der Waals surface area contributed by atoms with E-state index in [9.17, 15) is 9.59 Å². The number of amides is 2. The van der Waals surface area contributed by atoms with Gasteiger partial charge in [0.1, 0.15) is 5.66 Å². The van der Waals surface area contributed by atoms with E-state index < -0.39 is 0 Å². The average molecular weight is 273 g/mol. The highest BCUT2D eigenvalue weighted by Crippen LogP contribution is 2.52. The van der Waals surface area contributed by atoms with Crippen molar-refractivity contribution in [2.75, 3.05) is 0 Å². The van der Waals surface area contributed by atoms with Crippen molar-refractivity contribution in [3.63, 3.8) is 0 Å². The third kappa shape index (κ3) is 1.14. The number of hydrazine groups is 1. The number of rotatable bonds is 0. The molecule has 2 aliphatic heterocycles. The zero-order chi connectivity index (χ0) is 13.5. The summed E-state index contributed by atoms with van der Waals surface area (Å²) < 4.78 is 0. The summed E-state index contributed by atoms with van der Waals surface area (Å²) in [5.74, 6) is 1.32. The lowest BCUT2D eigenvalue weighted by atomic mass is 9.79. The summed E-state index contributed by atoms with van der Waals surface area (Å²) >= 11 is 0. The van der Waals surface area contributed by atoms with Gasteiger partial charge in [-0.25, -0.2) is 5.01 Å². The Kier molecular flexibility index (Phi) is 1.95. The molecule has 20 heavy (non-hydrogen) atoms. The van der Waals surface area contributed by atoms with Crippen molar-refractivity contribution < 1.29 is 9.59 Å². The van der Waals surface area contributed by atoms with Crippen molar-refractivity contribution in [1.82, 2.24) is 15.8 Å². The third-order valence-corrected chi connectivity index (χ3v) is 6.23. The van der Waals surface area contributed by atoms with Gasteiger partial charge in [0.05, 0.1) is 5.92 Å². The number of carbonyl (C=O) groups excluding carboxylic acids is 2. The number of allylic oxidation sites excluding steroid dienone is 1. The van der Waals surface area contributed by atoms with Gasteiger partial charge >= 0.3 is 0 Å². The molecule has 5 nitrogen and oxygen atoms in total. The number of carbonyl (C=O) groups is 2. The van der Waals surface area contributed by atoms with Gasteiger partial charge in [0.2, 0.25) is 11.8 Å². The van der Waals surface area contributed by atoms with E-state index in [4.69, 9.17) is 0 Å². The molecule has 5 rings (SSSR count). The van der Waals surface area contributed by atoms with Gasteiger partial charge < -0.3 is 0 Å². The normalized spacial score (nSPS) is 51.8. The molecule has 2 bridgehead atoms. The average Bonchev–Trinajstić information content (AvgIpc) is 3.10. The third-order valence-electron chi connectivity index (χ3n) is 6.23. The van der Waals surface area contributed by atoms with Gasteiger partial charge in [0.15, 0.2) is 0 Å². The Labute approximate surface area is 117 Å². The Bertz CT molecular complexity index is 545. The van der Waals surface area contributed by atoms with Gasteiger partial charge in [0, 0.05) is 18.4 Å². The van der Waals surface area contributed by atoms with Crippen LogP contribution in [0.4, 0.5) is 0 Å². The second-order valence-electron chi connectivity index (χ2n) is 7.07. The fourth-order valence-corrected chi connectivity index (χ4v) is 5.42. The van der Waals surface area contributed by atoms with Crippen molar-refractivity contribution in [2.24, 2.45) is 23.7 Å². The lowest BCUT2D eigenvalue weighted by molar-refractivity contribution is -0.177. The minimum atomic E-state index is -0.301. The van der Waals surface area contributed by atoms with Crippen LogP contribution in [0.25, 0.3) is 0 Å². The predicted octanol–water partition coefficient (Wildman–Crippen LogP) is 0.540. The van der Waals surface area contributed by atoms with Crippen LogP contribution in [-0.2, 0) is 9.59 Å². The number of fused-ring (bicyclic) bond motifs is 5. The van der Waals surface area contributed by atoms with Gasteiger partial charge in [-0.05, 0) is 37.5 Å². The zero-order valence-corrected chi connectivity index (χ0v) is 11.3. The van der Waals surface area contributed by atoms with Gasteiger partial charge in [0.25, 0.3) is 0 Å². The van der Waals surface area contributed by atoms with E-state index in [1.807, 2.05) is 0 Å². The van der Waals surface area contributed by atoms with Crippen molar-refractivity contribution in [1.29, 1.82) is 0 Å². The van der Waals surface area contributed by atoms with E-state index in [0.29, 0.717) is 18.3 Å². The second-order valence-corrected chi connectivity index (χ2v) is 7.07. The summed E-state index contributed by atoms with van der Waals surface area (Å²) in [5, 5.41) is 5.50. The SMILES string of the molecule is O=C1CC2CCCC23N[C@H]2[C@@H](C(=O)N3N1)[C@H]1C=C[C@@H]2C1. The first kappa shape index (κ1) is 11.3. The first-order valence-corrected chi connectivity index (χ1v) is 7.79. The molecule has 106 valence electrons. The molecule has 5 heteroatoms. The summed E-state index contributed by atoms with van der Waals surface area (Å²) in [4.78, 5) is 24.9. The molecular formula is C15H19N3O2. The van der Waals surface area contributed by atoms with Gasteiger partial charge in [-0.3, -0.25) is 20.3 Å². The Morgan fingerprint density at radius 1 is 1.25 bits per heavy atom. The maximum absolute atomic E-state index is 13.0. The number of nitrogens with one attached hydrogen (secondary N) is 2. The van der Waals surface area contributed by atoms with Crippen LogP contribution in [0.2, 0.25) is 0 Å². The van der Waals surface area contributed by atoms with Crippen LogP contribution in [0.15, 0.2) is 12.2 Å². The van der Waals surface area contributed by atoms with Crippen molar-refractivity contribution in [3.05, 3.63) is 12.2 Å². The van der Waals surface area contributed by atoms with E-state index in [2.05, 4.69) is 22.9 Å². The molecule has 4 fully saturated rings. The lowest BCUT2D eigenvalue weighted by Gasteiger charge is -2.56. The van der Waals surface area contributed by atoms with Crippen LogP contribution < -0.4 is 10.7 Å². The highest BCUT2D eigenvalue weighted by Gasteiger charge is 2.63. The van der Waals surface area contributed by atoms with Crippen molar-refractivity contribution in [2.45, 2.75) is 43.8 Å². The van der Waals surface area contributed by atoms with E-state index >= 15 is 0 Å². The first-order chi connectivity index (χ1) is 9.69. The molecule has 2 heterocycles. The van der Waals surface area contributed by atoms with Crippen LogP contribution in [0.1, 0.15) is 32.1 Å². The molecule has 1 spiro atoms. The summed E-state index contributed by atoms with van der Waals surface area (Å²) in [6.45, 7) is 0. The van der Waals surface area contributed by atoms with E-state index in [0.717, 1.165) is 25.7 Å². The number of hydrogen-bond acceptors (Lipinski definition) is 3. The fourth-order valence-electron chi connectivity index (χ4n) is 5.42. The van der Waals surface area contributed by atoms with Gasteiger partial charge in [-0.1, -0.05) is 12.2 Å². The maximum atomic E-state index is 13.0. The Morgan fingerprint density at radius 3 is 3.00 bits per heavy atom. The van der Waals surface area contributed by atoms with Crippen LogP contribution in [0.5, 0.6) is 0 Å². The fraction of sp³-hybridized carbons (Fsp3) is 0.733. The topological polar surface area (TPSA) is 61.4 Å². The minimum Gasteiger partial charge on any atom is -0.289 e. The first-order valence-electron chi connectivity index (χ1n) is 7.79. The highest BCUT2D eigenvalue weighted by atomic mass is 16.2. The molecule has 0 aromatic rings. The smallest absolute Gasteiger partial charge is 0.248 e. The predicted molar refractivity (Wildman–Crippen MR) is 70.8 cm³/mol. The lowest BCUT2D eigenvalue weighted by Crippen LogP contribution is -2.78. The van der Waals surface area contributed by atoms with Crippen LogP contribution in [-0.4, -0.2) is 28.5 Å². The molecule has 2 saturated carbocycles. The summed E-state index contributed by atoms with van der Waals surface area (Å²) in [5.41, 5.74) is 2.56. The quantitative estimate of drug-likeness (QED) is 0.633. The molecule has 2 unspecified atom stereocenters. The molecule has 0 aromatic heterocycles. The Morgan fingerprint density at radius 2 is 2.10 bits per heavy atom. The van der Waals surface area contributed by atoms with Crippen molar-refractivity contribution >= 4 is 11.8 Å². The molecule has 0 radical (unpaired) electrons. The molecular weight excluding hydrogens is 254 g/mol. The Hall–Kier alpha value is -1.36. The largest absolute Gasteiger partial charge is 0.289 e. The second kappa shape index (κ2) is 3.45. The summed E-state index contributed by atoms with van der Waals surface area (Å²) in [6, 6.07) is 0.282. The zero-order valence-electron chi connectivity index (χ0n) is 11.3. The molecule has 0 aromatic carbocycles. The van der Waals surface area contributed by atoms with Crippen LogP contribution >= 0.6 is 0 Å². The van der Waals surface area contributed by atoms with Gasteiger partial charge in [-0.15, -0.1) is 0 Å². The standard InChI is InChI=1S/C15H19N3O2/c19-11-7-10-2-1-5-15(10)16-13-9-4-3-8(6-9)12(13)14(20)18(15)17-11/h3-4,8-10,12-13,16H,1-2,5-7H2,(H,17,19)/t8-,9+,10?,12-,13+,15?/m0/s1. The van der Waals surface area contributed by atoms with E-state index in [1.54, 1.807) is 5.01 Å². The maximum Gasteiger partial charge on any atom is 0.248 e. The number of hydrogen-bond donors (Lipinski definition) is 2. The number of nitrogens with zero attached hydrogens (tertiary/aromatic N) is 1. The van der Waals surface area contributed by atoms with Crippen molar-refractivity contribution in [3.8, 4) is 0 Å². The minimum absolute atomic E-state index is 0.000163. The van der Waals surface area contributed by atoms with E-state index in [1.165, 1.54) is 0 Å². The Balaban J connectivity index is 1.60. The molecule has 6 atom stereocenters. The molecule has 2 N–H and O–H groups in total. The molecule has 2 saturated heterocycles. The molecule has 2 amide bonds. The van der Waals surface area contributed by atoms with Gasteiger partial charge in [-0.2, -0.15) is 0 Å². The van der Waals surface area contributed by atoms with Crippen LogP contribution in [0, 0.1) is 23.7 Å². The van der Waals surface area contributed by atoms with E-state index in [-0.39, 0.29) is 35.4 Å². The molecule has 5 aliphatic rings. The van der Waals surface area contributed by atoms with Crippen LogP contribution in [0.3, 0.4) is 0 Å². The summed E-state index contributed by atoms with van der Waals surface area (Å²) in [6.07, 6.45) is 9.23.